The number of hydrogen-bond acceptors (Lipinski definition) is 4. The molecular formula is C19H28N2O2S. The maximum atomic E-state index is 13.2. The summed E-state index contributed by atoms with van der Waals surface area (Å²) >= 11 is 1.74. The van der Waals surface area contributed by atoms with Gasteiger partial charge in [-0.3, -0.25) is 9.69 Å². The van der Waals surface area contributed by atoms with Gasteiger partial charge in [-0.2, -0.15) is 0 Å². The van der Waals surface area contributed by atoms with Crippen LogP contribution in [0.3, 0.4) is 0 Å². The number of morpholine rings is 1. The van der Waals surface area contributed by atoms with Crippen molar-refractivity contribution in [1.82, 2.24) is 10.2 Å². The third-order valence-electron chi connectivity index (χ3n) is 6.43. The smallest absolute Gasteiger partial charge is 0.231 e. The van der Waals surface area contributed by atoms with Gasteiger partial charge in [0.05, 0.1) is 18.6 Å². The number of carbonyl (C=O) groups excluding carboxylic acids is 1. The quantitative estimate of drug-likeness (QED) is 0.889. The van der Waals surface area contributed by atoms with Crippen molar-refractivity contribution in [3.05, 3.63) is 22.4 Å². The summed E-state index contributed by atoms with van der Waals surface area (Å²) in [4.78, 5) is 17.0. The first-order chi connectivity index (χ1) is 11.8. The van der Waals surface area contributed by atoms with Gasteiger partial charge >= 0.3 is 0 Å². The highest BCUT2D eigenvalue weighted by molar-refractivity contribution is 7.10. The zero-order valence-electron chi connectivity index (χ0n) is 14.4. The van der Waals surface area contributed by atoms with E-state index < -0.39 is 0 Å². The first-order valence-electron chi connectivity index (χ1n) is 9.40. The zero-order valence-corrected chi connectivity index (χ0v) is 15.2. The Bertz CT molecular complexity index is 556. The van der Waals surface area contributed by atoms with Gasteiger partial charge in [0.2, 0.25) is 5.91 Å². The van der Waals surface area contributed by atoms with Crippen LogP contribution in [0.5, 0.6) is 0 Å². The van der Waals surface area contributed by atoms with Crippen LogP contribution in [0.15, 0.2) is 17.5 Å². The third kappa shape index (κ3) is 2.80. The van der Waals surface area contributed by atoms with Crippen molar-refractivity contribution in [3.8, 4) is 0 Å². The molecule has 3 fully saturated rings. The molecule has 4 nitrogen and oxygen atoms in total. The van der Waals surface area contributed by atoms with Crippen molar-refractivity contribution in [2.75, 3.05) is 32.8 Å². The van der Waals surface area contributed by atoms with Gasteiger partial charge in [-0.15, -0.1) is 11.3 Å². The summed E-state index contributed by atoms with van der Waals surface area (Å²) in [6, 6.07) is 4.23. The number of carbonyl (C=O) groups is 1. The highest BCUT2D eigenvalue weighted by Gasteiger charge is 2.47. The van der Waals surface area contributed by atoms with Crippen molar-refractivity contribution in [3.63, 3.8) is 0 Å². The van der Waals surface area contributed by atoms with Gasteiger partial charge in [0, 0.05) is 30.1 Å². The van der Waals surface area contributed by atoms with E-state index in [0.717, 1.165) is 45.7 Å². The van der Waals surface area contributed by atoms with E-state index in [4.69, 9.17) is 4.74 Å². The summed E-state index contributed by atoms with van der Waals surface area (Å²) < 4.78 is 5.51. The summed E-state index contributed by atoms with van der Waals surface area (Å²) in [5.41, 5.74) is -0.0706. The lowest BCUT2D eigenvalue weighted by atomic mass is 9.74. The first kappa shape index (κ1) is 16.6. The fraction of sp³-hybridized carbons (Fsp3) is 0.737. The minimum atomic E-state index is -0.260. The fourth-order valence-electron chi connectivity index (χ4n) is 4.76. The van der Waals surface area contributed by atoms with Crippen LogP contribution in [-0.2, 0) is 14.9 Å². The SMILES string of the molecule is O=C(NCC1(N2CCOCC2)CCC1)C1(c2cccs2)CCCC1. The molecule has 132 valence electrons. The molecule has 0 radical (unpaired) electrons. The maximum absolute atomic E-state index is 13.2. The lowest BCUT2D eigenvalue weighted by Crippen LogP contribution is -2.63. The van der Waals surface area contributed by atoms with E-state index >= 15 is 0 Å². The van der Waals surface area contributed by atoms with Gasteiger partial charge in [0.25, 0.3) is 0 Å². The van der Waals surface area contributed by atoms with Crippen LogP contribution in [0.2, 0.25) is 0 Å². The Morgan fingerprint density at radius 2 is 1.92 bits per heavy atom. The molecule has 0 aromatic carbocycles. The summed E-state index contributed by atoms with van der Waals surface area (Å²) in [5, 5.41) is 5.48. The van der Waals surface area contributed by atoms with Crippen LogP contribution in [0.1, 0.15) is 49.8 Å². The Labute approximate surface area is 148 Å². The fourth-order valence-corrected chi connectivity index (χ4v) is 5.74. The summed E-state index contributed by atoms with van der Waals surface area (Å²) in [6.07, 6.45) is 8.04. The third-order valence-corrected chi connectivity index (χ3v) is 7.50. The van der Waals surface area contributed by atoms with Crippen LogP contribution in [0.4, 0.5) is 0 Å². The van der Waals surface area contributed by atoms with E-state index in [9.17, 15) is 4.79 Å². The molecule has 0 spiro atoms. The Morgan fingerprint density at radius 3 is 2.50 bits per heavy atom. The molecule has 0 bridgehead atoms. The molecule has 1 aromatic heterocycles. The second-order valence-electron chi connectivity index (χ2n) is 7.63. The van der Waals surface area contributed by atoms with E-state index in [0.29, 0.717) is 0 Å². The molecular weight excluding hydrogens is 320 g/mol. The van der Waals surface area contributed by atoms with Crippen molar-refractivity contribution in [1.29, 1.82) is 0 Å². The molecule has 1 saturated heterocycles. The Balaban J connectivity index is 1.45. The number of ether oxygens (including phenoxy) is 1. The summed E-state index contributed by atoms with van der Waals surface area (Å²) in [5.74, 6) is 0.266. The molecule has 24 heavy (non-hydrogen) atoms. The molecule has 5 heteroatoms. The van der Waals surface area contributed by atoms with Crippen LogP contribution in [0.25, 0.3) is 0 Å². The minimum Gasteiger partial charge on any atom is -0.379 e. The van der Waals surface area contributed by atoms with Crippen molar-refractivity contribution in [2.45, 2.75) is 55.9 Å². The van der Waals surface area contributed by atoms with Gasteiger partial charge < -0.3 is 10.1 Å². The Kier molecular flexibility index (Phi) is 4.67. The zero-order chi connectivity index (χ0) is 16.5. The lowest BCUT2D eigenvalue weighted by molar-refractivity contribution is -0.128. The predicted octanol–water partition coefficient (Wildman–Crippen LogP) is 2.93. The highest BCUT2D eigenvalue weighted by Crippen LogP contribution is 2.44. The van der Waals surface area contributed by atoms with Gasteiger partial charge in [-0.05, 0) is 43.6 Å². The molecule has 0 atom stereocenters. The average molecular weight is 349 g/mol. The molecule has 1 aromatic rings. The Hall–Kier alpha value is -0.910. The van der Waals surface area contributed by atoms with Gasteiger partial charge in [-0.1, -0.05) is 18.9 Å². The average Bonchev–Trinajstić information content (AvgIpc) is 3.27. The number of nitrogens with one attached hydrogen (secondary N) is 1. The molecule has 0 unspecified atom stereocenters. The van der Waals surface area contributed by atoms with Crippen LogP contribution in [-0.4, -0.2) is 49.2 Å². The number of rotatable bonds is 5. The number of thiophene rings is 1. The van der Waals surface area contributed by atoms with Crippen molar-refractivity contribution >= 4 is 17.2 Å². The maximum Gasteiger partial charge on any atom is 0.231 e. The van der Waals surface area contributed by atoms with E-state index in [1.54, 1.807) is 11.3 Å². The summed E-state index contributed by atoms with van der Waals surface area (Å²) in [7, 11) is 0. The molecule has 1 N–H and O–H groups in total. The Morgan fingerprint density at radius 1 is 1.17 bits per heavy atom. The van der Waals surface area contributed by atoms with Crippen LogP contribution < -0.4 is 5.32 Å². The number of nitrogens with zero attached hydrogens (tertiary/aromatic N) is 1. The van der Waals surface area contributed by atoms with Gasteiger partial charge in [0.1, 0.15) is 0 Å². The molecule has 1 amide bonds. The minimum absolute atomic E-state index is 0.189. The molecule has 2 heterocycles. The summed E-state index contributed by atoms with van der Waals surface area (Å²) in [6.45, 7) is 4.47. The molecule has 4 rings (SSSR count). The normalized spacial score (nSPS) is 26.0. The molecule has 3 aliphatic rings. The van der Waals surface area contributed by atoms with E-state index in [2.05, 4.69) is 27.7 Å². The van der Waals surface area contributed by atoms with Crippen LogP contribution >= 0.6 is 11.3 Å². The van der Waals surface area contributed by atoms with Gasteiger partial charge in [-0.25, -0.2) is 0 Å². The second-order valence-corrected chi connectivity index (χ2v) is 8.57. The van der Waals surface area contributed by atoms with Crippen molar-refractivity contribution < 1.29 is 9.53 Å². The van der Waals surface area contributed by atoms with E-state index in [1.165, 1.54) is 37.0 Å². The highest BCUT2D eigenvalue weighted by atomic mass is 32.1. The standard InChI is InChI=1S/C19H28N2O2S/c22-17(19(8-1-2-9-19)16-5-3-14-24-16)20-15-18(6-4-7-18)21-10-12-23-13-11-21/h3,5,14H,1-2,4,6-13,15H2,(H,20,22). The topological polar surface area (TPSA) is 41.6 Å². The molecule has 2 saturated carbocycles. The number of hydrogen-bond donors (Lipinski definition) is 1. The monoisotopic (exact) mass is 348 g/mol. The molecule has 2 aliphatic carbocycles. The number of amides is 1. The van der Waals surface area contributed by atoms with E-state index in [-0.39, 0.29) is 16.9 Å². The molecule has 1 aliphatic heterocycles. The van der Waals surface area contributed by atoms with Gasteiger partial charge in [0.15, 0.2) is 0 Å². The second kappa shape index (κ2) is 6.77. The predicted molar refractivity (Wildman–Crippen MR) is 96.4 cm³/mol. The first-order valence-corrected chi connectivity index (χ1v) is 10.3. The van der Waals surface area contributed by atoms with Crippen LogP contribution in [0, 0.1) is 0 Å². The van der Waals surface area contributed by atoms with E-state index in [1.807, 2.05) is 0 Å². The largest absolute Gasteiger partial charge is 0.379 e. The lowest BCUT2D eigenvalue weighted by Gasteiger charge is -2.52. The van der Waals surface area contributed by atoms with Crippen molar-refractivity contribution in [2.24, 2.45) is 0 Å².